The van der Waals surface area contributed by atoms with Crippen LogP contribution in [0.25, 0.3) is 0 Å². The lowest BCUT2D eigenvalue weighted by Crippen LogP contribution is -2.13. The van der Waals surface area contributed by atoms with E-state index in [-0.39, 0.29) is 11.0 Å². The molecule has 0 aliphatic rings. The molecule has 106 valence electrons. The van der Waals surface area contributed by atoms with E-state index in [1.54, 1.807) is 12.1 Å². The summed E-state index contributed by atoms with van der Waals surface area (Å²) in [5.41, 5.74) is 0.282. The average Bonchev–Trinajstić information content (AvgIpc) is 2.29. The Morgan fingerprint density at radius 1 is 1.26 bits per heavy atom. The Morgan fingerprint density at radius 2 is 1.95 bits per heavy atom. The molecule has 0 amide bonds. The molecule has 4 nitrogen and oxygen atoms in total. The maximum atomic E-state index is 11.2. The summed E-state index contributed by atoms with van der Waals surface area (Å²) in [5, 5.41) is 9.18. The first-order valence-corrected chi connectivity index (χ1v) is 6.47. The number of carboxylic acid groups (broad SMARTS) is 1. The third-order valence-corrected chi connectivity index (χ3v) is 2.61. The summed E-state index contributed by atoms with van der Waals surface area (Å²) in [6, 6.07) is 4.91. The summed E-state index contributed by atoms with van der Waals surface area (Å²) in [5.74, 6) is -0.204. The average molecular weight is 266 g/mol. The minimum atomic E-state index is -1.01. The molecular formula is C15H22O4. The number of ether oxygens (including phenoxy) is 2. The van der Waals surface area contributed by atoms with Crippen LogP contribution in [0, 0.1) is 5.41 Å². The van der Waals surface area contributed by atoms with Crippen molar-refractivity contribution in [2.75, 3.05) is 13.2 Å². The Balaban J connectivity index is 2.91. The summed E-state index contributed by atoms with van der Waals surface area (Å²) in [7, 11) is 0. The van der Waals surface area contributed by atoms with E-state index in [0.717, 1.165) is 6.42 Å². The molecule has 1 rings (SSSR count). The van der Waals surface area contributed by atoms with E-state index < -0.39 is 5.97 Å². The highest BCUT2D eigenvalue weighted by atomic mass is 16.5. The van der Waals surface area contributed by atoms with Gasteiger partial charge in [0.2, 0.25) is 0 Å². The molecule has 0 bridgehead atoms. The second-order valence-corrected chi connectivity index (χ2v) is 5.53. The molecule has 0 fully saturated rings. The van der Waals surface area contributed by atoms with E-state index in [1.807, 2.05) is 6.92 Å². The van der Waals surface area contributed by atoms with Crippen molar-refractivity contribution in [1.29, 1.82) is 0 Å². The molecule has 1 aromatic carbocycles. The van der Waals surface area contributed by atoms with E-state index in [0.29, 0.717) is 24.7 Å². The fraction of sp³-hybridized carbons (Fsp3) is 0.533. The molecule has 1 N–H and O–H groups in total. The van der Waals surface area contributed by atoms with Crippen molar-refractivity contribution >= 4 is 5.97 Å². The van der Waals surface area contributed by atoms with Gasteiger partial charge in [-0.2, -0.15) is 0 Å². The number of hydrogen-bond acceptors (Lipinski definition) is 3. The lowest BCUT2D eigenvalue weighted by molar-refractivity contribution is 0.0690. The molecule has 0 aromatic heterocycles. The molecule has 0 atom stereocenters. The molecule has 0 aliphatic carbocycles. The number of rotatable bonds is 6. The van der Waals surface area contributed by atoms with E-state index in [2.05, 4.69) is 20.8 Å². The Kier molecular flexibility index (Phi) is 5.21. The molecule has 0 spiro atoms. The van der Waals surface area contributed by atoms with Gasteiger partial charge >= 0.3 is 5.97 Å². The van der Waals surface area contributed by atoms with Crippen LogP contribution in [0.4, 0.5) is 0 Å². The van der Waals surface area contributed by atoms with Crippen molar-refractivity contribution < 1.29 is 19.4 Å². The van der Waals surface area contributed by atoms with Crippen molar-refractivity contribution in [2.24, 2.45) is 5.41 Å². The van der Waals surface area contributed by atoms with Crippen LogP contribution in [0.5, 0.6) is 11.5 Å². The predicted octanol–water partition coefficient (Wildman–Crippen LogP) is 3.60. The van der Waals surface area contributed by atoms with Crippen molar-refractivity contribution in [3.63, 3.8) is 0 Å². The Bertz CT molecular complexity index is 432. The molecule has 0 heterocycles. The molecular weight excluding hydrogens is 244 g/mol. The van der Waals surface area contributed by atoms with Crippen LogP contribution in [-0.2, 0) is 0 Å². The summed E-state index contributed by atoms with van der Waals surface area (Å²) < 4.78 is 11.1. The number of benzene rings is 1. The molecule has 0 radical (unpaired) electrons. The summed E-state index contributed by atoms with van der Waals surface area (Å²) in [6.45, 7) is 9.13. The fourth-order valence-corrected chi connectivity index (χ4v) is 1.56. The number of aromatic carboxylic acids is 1. The van der Waals surface area contributed by atoms with E-state index in [4.69, 9.17) is 9.47 Å². The largest absolute Gasteiger partial charge is 0.490 e. The molecule has 0 saturated heterocycles. The van der Waals surface area contributed by atoms with Crippen molar-refractivity contribution in [3.05, 3.63) is 23.8 Å². The van der Waals surface area contributed by atoms with Crippen LogP contribution < -0.4 is 9.47 Å². The summed E-state index contributed by atoms with van der Waals surface area (Å²) in [4.78, 5) is 11.2. The summed E-state index contributed by atoms with van der Waals surface area (Å²) >= 11 is 0. The molecule has 0 aliphatic heterocycles. The molecule has 0 saturated carbocycles. The minimum Gasteiger partial charge on any atom is -0.490 e. The Morgan fingerprint density at radius 3 is 2.47 bits per heavy atom. The van der Waals surface area contributed by atoms with Gasteiger partial charge in [0, 0.05) is 0 Å². The zero-order chi connectivity index (χ0) is 14.5. The van der Waals surface area contributed by atoms with Crippen molar-refractivity contribution in [2.45, 2.75) is 34.1 Å². The van der Waals surface area contributed by atoms with E-state index >= 15 is 0 Å². The van der Waals surface area contributed by atoms with Crippen LogP contribution in [0.1, 0.15) is 44.5 Å². The van der Waals surface area contributed by atoms with Gasteiger partial charge in [-0.3, -0.25) is 0 Å². The van der Waals surface area contributed by atoms with Crippen LogP contribution in [-0.4, -0.2) is 24.3 Å². The zero-order valence-electron chi connectivity index (χ0n) is 12.0. The van der Waals surface area contributed by atoms with E-state index in [1.165, 1.54) is 6.07 Å². The molecule has 0 unspecified atom stereocenters. The lowest BCUT2D eigenvalue weighted by atomic mass is 9.93. The topological polar surface area (TPSA) is 55.8 Å². The first-order valence-electron chi connectivity index (χ1n) is 6.47. The summed E-state index contributed by atoms with van der Waals surface area (Å²) in [6.07, 6.45) is 0.840. The first-order chi connectivity index (χ1) is 8.85. The monoisotopic (exact) mass is 266 g/mol. The fourth-order valence-electron chi connectivity index (χ4n) is 1.56. The standard InChI is InChI=1S/C15H22O4/c1-5-18-12-8-6-7-11(14(16)17)13(12)19-10-9-15(2,3)4/h6-8H,5,9-10H2,1-4H3,(H,16,17). The normalized spacial score (nSPS) is 11.2. The molecule has 1 aromatic rings. The lowest BCUT2D eigenvalue weighted by Gasteiger charge is -2.19. The van der Waals surface area contributed by atoms with Gasteiger partial charge < -0.3 is 14.6 Å². The van der Waals surface area contributed by atoms with Crippen LogP contribution in [0.15, 0.2) is 18.2 Å². The van der Waals surface area contributed by atoms with Crippen LogP contribution >= 0.6 is 0 Å². The number of para-hydroxylation sites is 1. The number of carbonyl (C=O) groups is 1. The van der Waals surface area contributed by atoms with Gasteiger partial charge in [0.05, 0.1) is 13.2 Å². The Hall–Kier alpha value is -1.71. The maximum Gasteiger partial charge on any atom is 0.339 e. The quantitative estimate of drug-likeness (QED) is 0.854. The third kappa shape index (κ3) is 4.81. The van der Waals surface area contributed by atoms with Gasteiger partial charge in [0.15, 0.2) is 11.5 Å². The van der Waals surface area contributed by atoms with Gasteiger partial charge in [-0.1, -0.05) is 26.8 Å². The van der Waals surface area contributed by atoms with Gasteiger partial charge in [0.25, 0.3) is 0 Å². The van der Waals surface area contributed by atoms with Crippen LogP contribution in [0.3, 0.4) is 0 Å². The molecule has 4 heteroatoms. The van der Waals surface area contributed by atoms with Gasteiger partial charge in [-0.15, -0.1) is 0 Å². The number of carboxylic acids is 1. The van der Waals surface area contributed by atoms with E-state index in [9.17, 15) is 9.90 Å². The molecule has 19 heavy (non-hydrogen) atoms. The highest BCUT2D eigenvalue weighted by molar-refractivity contribution is 5.92. The van der Waals surface area contributed by atoms with Crippen molar-refractivity contribution in [1.82, 2.24) is 0 Å². The smallest absolute Gasteiger partial charge is 0.339 e. The second-order valence-electron chi connectivity index (χ2n) is 5.53. The zero-order valence-corrected chi connectivity index (χ0v) is 12.0. The number of hydrogen-bond donors (Lipinski definition) is 1. The van der Waals surface area contributed by atoms with Gasteiger partial charge in [0.1, 0.15) is 5.56 Å². The van der Waals surface area contributed by atoms with Gasteiger partial charge in [-0.05, 0) is 30.9 Å². The minimum absolute atomic E-state index is 0.139. The highest BCUT2D eigenvalue weighted by Crippen LogP contribution is 2.32. The first kappa shape index (κ1) is 15.3. The van der Waals surface area contributed by atoms with Crippen molar-refractivity contribution in [3.8, 4) is 11.5 Å². The Labute approximate surface area is 114 Å². The van der Waals surface area contributed by atoms with Gasteiger partial charge in [-0.25, -0.2) is 4.79 Å². The third-order valence-electron chi connectivity index (χ3n) is 2.61. The maximum absolute atomic E-state index is 11.2. The predicted molar refractivity (Wildman–Crippen MR) is 74.1 cm³/mol. The highest BCUT2D eigenvalue weighted by Gasteiger charge is 2.18. The van der Waals surface area contributed by atoms with Crippen LogP contribution in [0.2, 0.25) is 0 Å². The second kappa shape index (κ2) is 6.45. The SMILES string of the molecule is CCOc1cccc(C(=O)O)c1OCCC(C)(C)C.